The van der Waals surface area contributed by atoms with Crippen molar-refractivity contribution < 1.29 is 8.83 Å². The van der Waals surface area contributed by atoms with E-state index in [2.05, 4.69) is 27.4 Å². The Kier molecular flexibility index (Phi) is 7.54. The van der Waals surface area contributed by atoms with E-state index in [4.69, 9.17) is 13.8 Å². The van der Waals surface area contributed by atoms with E-state index in [0.717, 1.165) is 87.6 Å². The molecule has 2 N–H and O–H groups in total. The van der Waals surface area contributed by atoms with Gasteiger partial charge in [-0.15, -0.1) is 0 Å². The summed E-state index contributed by atoms with van der Waals surface area (Å²) < 4.78 is 11.1. The molecule has 0 radical (unpaired) electrons. The summed E-state index contributed by atoms with van der Waals surface area (Å²) in [6.45, 7) is 11.5. The first kappa shape index (κ1) is 20.5. The van der Waals surface area contributed by atoms with E-state index in [9.17, 15) is 0 Å². The van der Waals surface area contributed by atoms with Gasteiger partial charge in [-0.1, -0.05) is 0 Å². The van der Waals surface area contributed by atoms with Gasteiger partial charge >= 0.3 is 0 Å². The Morgan fingerprint density at radius 3 is 2.75 bits per heavy atom. The summed E-state index contributed by atoms with van der Waals surface area (Å²) >= 11 is 0. The third kappa shape index (κ3) is 6.12. The lowest BCUT2D eigenvalue weighted by molar-refractivity contribution is 0.166. The van der Waals surface area contributed by atoms with E-state index in [0.29, 0.717) is 5.92 Å². The molecule has 0 amide bonds. The average molecular weight is 388 g/mol. The van der Waals surface area contributed by atoms with Crippen LogP contribution in [0.25, 0.3) is 0 Å². The van der Waals surface area contributed by atoms with Crippen molar-refractivity contribution in [3.05, 3.63) is 41.5 Å². The molecule has 0 aliphatic carbocycles. The highest BCUT2D eigenvalue weighted by Gasteiger charge is 2.20. The van der Waals surface area contributed by atoms with E-state index >= 15 is 0 Å². The SMILES string of the molecule is CCNC(=NCC1CCN(Cc2nc(C)c(C)o2)CC1)NCCc1ccco1. The molecule has 154 valence electrons. The van der Waals surface area contributed by atoms with Crippen LogP contribution in [0, 0.1) is 19.8 Å². The monoisotopic (exact) mass is 387 g/mol. The number of nitrogens with zero attached hydrogens (tertiary/aromatic N) is 3. The zero-order chi connectivity index (χ0) is 19.8. The van der Waals surface area contributed by atoms with Gasteiger partial charge in [-0.25, -0.2) is 4.98 Å². The molecule has 7 heteroatoms. The van der Waals surface area contributed by atoms with E-state index in [1.54, 1.807) is 6.26 Å². The van der Waals surface area contributed by atoms with Crippen molar-refractivity contribution >= 4 is 5.96 Å². The van der Waals surface area contributed by atoms with Gasteiger partial charge in [0.1, 0.15) is 11.5 Å². The molecular weight excluding hydrogens is 354 g/mol. The second-order valence-electron chi connectivity index (χ2n) is 7.44. The van der Waals surface area contributed by atoms with Gasteiger partial charge in [0, 0.05) is 26.1 Å². The normalized spacial score (nSPS) is 16.5. The molecular formula is C21H33N5O2. The highest BCUT2D eigenvalue weighted by atomic mass is 16.4. The highest BCUT2D eigenvalue weighted by molar-refractivity contribution is 5.79. The molecule has 0 spiro atoms. The Morgan fingerprint density at radius 1 is 1.29 bits per heavy atom. The van der Waals surface area contributed by atoms with Crippen molar-refractivity contribution in [2.45, 2.75) is 46.6 Å². The van der Waals surface area contributed by atoms with Gasteiger partial charge in [-0.3, -0.25) is 9.89 Å². The number of guanidine groups is 1. The van der Waals surface area contributed by atoms with Crippen molar-refractivity contribution in [3.63, 3.8) is 0 Å². The van der Waals surface area contributed by atoms with Gasteiger partial charge in [0.25, 0.3) is 0 Å². The minimum absolute atomic E-state index is 0.629. The lowest BCUT2D eigenvalue weighted by Crippen LogP contribution is -2.39. The summed E-state index contributed by atoms with van der Waals surface area (Å²) in [5, 5.41) is 6.72. The van der Waals surface area contributed by atoms with Gasteiger partial charge in [-0.05, 0) is 64.8 Å². The van der Waals surface area contributed by atoms with Gasteiger partial charge < -0.3 is 19.5 Å². The summed E-state index contributed by atoms with van der Waals surface area (Å²) in [7, 11) is 0. The number of likely N-dealkylation sites (tertiary alicyclic amines) is 1. The van der Waals surface area contributed by atoms with Crippen LogP contribution in [-0.4, -0.2) is 48.6 Å². The standard InChI is InChI=1S/C21H33N5O2/c1-4-22-21(23-10-7-19-6-5-13-27-19)24-14-18-8-11-26(12-9-18)15-20-25-16(2)17(3)28-20/h5-6,13,18H,4,7-12,14-15H2,1-3H3,(H2,22,23,24). The Morgan fingerprint density at radius 2 is 2.11 bits per heavy atom. The molecule has 1 aliphatic heterocycles. The fraction of sp³-hybridized carbons (Fsp3) is 0.619. The van der Waals surface area contributed by atoms with Gasteiger partial charge in [0.05, 0.1) is 18.5 Å². The van der Waals surface area contributed by atoms with E-state index in [1.807, 2.05) is 26.0 Å². The maximum absolute atomic E-state index is 5.72. The number of aromatic nitrogens is 1. The van der Waals surface area contributed by atoms with Crippen LogP contribution in [0.15, 0.2) is 32.2 Å². The smallest absolute Gasteiger partial charge is 0.208 e. The number of oxazole rings is 1. The first-order chi connectivity index (χ1) is 13.6. The molecule has 2 aromatic rings. The molecule has 3 heterocycles. The second kappa shape index (κ2) is 10.3. The van der Waals surface area contributed by atoms with Gasteiger partial charge in [-0.2, -0.15) is 0 Å². The first-order valence-electron chi connectivity index (χ1n) is 10.3. The first-order valence-corrected chi connectivity index (χ1v) is 10.3. The van der Waals surface area contributed by atoms with Crippen molar-refractivity contribution in [1.82, 2.24) is 20.5 Å². The zero-order valence-corrected chi connectivity index (χ0v) is 17.3. The molecule has 2 aromatic heterocycles. The molecule has 0 atom stereocenters. The van der Waals surface area contributed by atoms with Gasteiger partial charge in [0.15, 0.2) is 5.96 Å². The maximum atomic E-state index is 5.72. The van der Waals surface area contributed by atoms with Crippen LogP contribution in [0.5, 0.6) is 0 Å². The van der Waals surface area contributed by atoms with Crippen molar-refractivity contribution in [1.29, 1.82) is 0 Å². The van der Waals surface area contributed by atoms with Crippen molar-refractivity contribution in [2.75, 3.05) is 32.7 Å². The van der Waals surface area contributed by atoms with Gasteiger partial charge in [0.2, 0.25) is 5.89 Å². The molecule has 0 saturated carbocycles. The maximum Gasteiger partial charge on any atom is 0.208 e. The number of furan rings is 1. The van der Waals surface area contributed by atoms with Crippen molar-refractivity contribution in [3.8, 4) is 0 Å². The number of hydrogen-bond acceptors (Lipinski definition) is 5. The topological polar surface area (TPSA) is 78.8 Å². The molecule has 0 unspecified atom stereocenters. The fourth-order valence-corrected chi connectivity index (χ4v) is 3.45. The van der Waals surface area contributed by atoms with Crippen LogP contribution >= 0.6 is 0 Å². The van der Waals surface area contributed by atoms with Crippen LogP contribution < -0.4 is 10.6 Å². The molecule has 0 aromatic carbocycles. The van der Waals surface area contributed by atoms with E-state index in [-0.39, 0.29) is 0 Å². The summed E-state index contributed by atoms with van der Waals surface area (Å²) in [6.07, 6.45) is 4.89. The van der Waals surface area contributed by atoms with Crippen molar-refractivity contribution in [2.24, 2.45) is 10.9 Å². The molecule has 0 bridgehead atoms. The van der Waals surface area contributed by atoms with E-state index < -0.39 is 0 Å². The number of hydrogen-bond donors (Lipinski definition) is 2. The van der Waals surface area contributed by atoms with Crippen LogP contribution in [0.4, 0.5) is 0 Å². The molecule has 28 heavy (non-hydrogen) atoms. The lowest BCUT2D eigenvalue weighted by Gasteiger charge is -2.30. The molecule has 1 saturated heterocycles. The molecule has 7 nitrogen and oxygen atoms in total. The number of rotatable bonds is 8. The average Bonchev–Trinajstić information content (AvgIpc) is 3.31. The summed E-state index contributed by atoms with van der Waals surface area (Å²) in [4.78, 5) is 11.7. The zero-order valence-electron chi connectivity index (χ0n) is 17.3. The lowest BCUT2D eigenvalue weighted by atomic mass is 9.97. The quantitative estimate of drug-likeness (QED) is 0.536. The Hall–Kier alpha value is -2.28. The minimum atomic E-state index is 0.629. The number of piperidine rings is 1. The Labute approximate surface area is 167 Å². The van der Waals surface area contributed by atoms with Crippen LogP contribution in [0.3, 0.4) is 0 Å². The Balaban J connectivity index is 1.40. The summed E-state index contributed by atoms with van der Waals surface area (Å²) in [6, 6.07) is 3.92. The number of aryl methyl sites for hydroxylation is 2. The predicted octanol–water partition coefficient (Wildman–Crippen LogP) is 2.89. The summed E-state index contributed by atoms with van der Waals surface area (Å²) in [5.41, 5.74) is 0.995. The van der Waals surface area contributed by atoms with Crippen LogP contribution in [0.2, 0.25) is 0 Å². The number of aliphatic imine (C=N–C) groups is 1. The third-order valence-corrected chi connectivity index (χ3v) is 5.23. The van der Waals surface area contributed by atoms with Crippen LogP contribution in [0.1, 0.15) is 42.9 Å². The third-order valence-electron chi connectivity index (χ3n) is 5.23. The van der Waals surface area contributed by atoms with E-state index in [1.165, 1.54) is 0 Å². The highest BCUT2D eigenvalue weighted by Crippen LogP contribution is 2.20. The molecule has 1 fully saturated rings. The second-order valence-corrected chi connectivity index (χ2v) is 7.44. The number of nitrogens with one attached hydrogen (secondary N) is 2. The Bertz CT molecular complexity index is 711. The largest absolute Gasteiger partial charge is 0.469 e. The summed E-state index contributed by atoms with van der Waals surface area (Å²) in [5.74, 6) is 4.27. The molecule has 3 rings (SSSR count). The minimum Gasteiger partial charge on any atom is -0.469 e. The molecule has 1 aliphatic rings. The van der Waals surface area contributed by atoms with Crippen LogP contribution in [-0.2, 0) is 13.0 Å². The fourth-order valence-electron chi connectivity index (χ4n) is 3.45. The predicted molar refractivity (Wildman–Crippen MR) is 110 cm³/mol.